The number of carbonyl (C=O) groups excluding carboxylic acids is 1. The summed E-state index contributed by atoms with van der Waals surface area (Å²) in [5.74, 6) is 1.10. The molecule has 0 fully saturated rings. The minimum Gasteiger partial charge on any atom is -0.486 e. The van der Waals surface area contributed by atoms with Gasteiger partial charge in [-0.25, -0.2) is 0 Å². The number of aromatic nitrogens is 1. The summed E-state index contributed by atoms with van der Waals surface area (Å²) in [6, 6.07) is 18.3. The number of ether oxygens (including phenoxy) is 2. The van der Waals surface area contributed by atoms with Gasteiger partial charge >= 0.3 is 0 Å². The molecule has 0 bridgehead atoms. The minimum absolute atomic E-state index is 0.399. The Morgan fingerprint density at radius 3 is 2.52 bits per heavy atom. The molecule has 4 rings (SSSR count). The van der Waals surface area contributed by atoms with Gasteiger partial charge in [0.1, 0.15) is 13.2 Å². The zero-order valence-electron chi connectivity index (χ0n) is 16.7. The predicted molar refractivity (Wildman–Crippen MR) is 113 cm³/mol. The van der Waals surface area contributed by atoms with E-state index in [0.29, 0.717) is 18.8 Å². The number of unbranched alkanes of at least 4 members (excludes halogenated alkanes) is 1. The molecule has 1 aromatic heterocycles. The predicted octanol–water partition coefficient (Wildman–Crippen LogP) is 4.36. The number of hydrogen-bond donors (Lipinski definition) is 1. The largest absolute Gasteiger partial charge is 0.486 e. The highest BCUT2D eigenvalue weighted by molar-refractivity contribution is 5.95. The molecule has 3 aromatic rings. The normalized spacial score (nSPS) is 12.7. The fraction of sp³-hybridized carbons (Fsp3) is 0.292. The van der Waals surface area contributed by atoms with Crippen molar-refractivity contribution >= 4 is 5.91 Å². The van der Waals surface area contributed by atoms with E-state index >= 15 is 0 Å². The fourth-order valence-corrected chi connectivity index (χ4v) is 3.87. The highest BCUT2D eigenvalue weighted by Gasteiger charge is 2.19. The minimum atomic E-state index is -0.399. The zero-order valence-corrected chi connectivity index (χ0v) is 16.7. The third kappa shape index (κ3) is 4.14. The summed E-state index contributed by atoms with van der Waals surface area (Å²) in [4.78, 5) is 11.9. The lowest BCUT2D eigenvalue weighted by molar-refractivity contribution is 0.0999. The van der Waals surface area contributed by atoms with Crippen LogP contribution in [0.25, 0.3) is 11.3 Å². The van der Waals surface area contributed by atoms with Crippen molar-refractivity contribution in [3.05, 3.63) is 71.4 Å². The number of fused-ring (bicyclic) bond motifs is 1. The Labute approximate surface area is 171 Å². The SMILES string of the molecule is Cc1c(C(N)=O)cc(-c2ccc3c(c2)OCCO3)n1CCCCc1ccccc1. The second kappa shape index (κ2) is 8.43. The molecule has 0 saturated heterocycles. The van der Waals surface area contributed by atoms with E-state index < -0.39 is 5.91 Å². The monoisotopic (exact) mass is 390 g/mol. The van der Waals surface area contributed by atoms with Crippen LogP contribution >= 0.6 is 0 Å². The van der Waals surface area contributed by atoms with Crippen molar-refractivity contribution in [1.29, 1.82) is 0 Å². The van der Waals surface area contributed by atoms with Crippen LogP contribution in [0.15, 0.2) is 54.6 Å². The van der Waals surface area contributed by atoms with E-state index in [1.807, 2.05) is 37.3 Å². The average molecular weight is 390 g/mol. The molecule has 0 saturated carbocycles. The molecule has 1 aliphatic heterocycles. The third-order valence-electron chi connectivity index (χ3n) is 5.41. The number of nitrogens with two attached hydrogens (primary N) is 1. The maximum Gasteiger partial charge on any atom is 0.250 e. The quantitative estimate of drug-likeness (QED) is 0.610. The summed E-state index contributed by atoms with van der Waals surface area (Å²) in [7, 11) is 0. The van der Waals surface area contributed by atoms with E-state index in [1.165, 1.54) is 5.56 Å². The van der Waals surface area contributed by atoms with Crippen LogP contribution in [0, 0.1) is 6.92 Å². The van der Waals surface area contributed by atoms with E-state index in [0.717, 1.165) is 54.3 Å². The van der Waals surface area contributed by atoms with Gasteiger partial charge < -0.3 is 19.8 Å². The van der Waals surface area contributed by atoms with E-state index in [-0.39, 0.29) is 0 Å². The Morgan fingerprint density at radius 1 is 1.00 bits per heavy atom. The van der Waals surface area contributed by atoms with Gasteiger partial charge in [0.15, 0.2) is 11.5 Å². The molecule has 0 atom stereocenters. The number of nitrogens with zero attached hydrogens (tertiary/aromatic N) is 1. The molecular weight excluding hydrogens is 364 g/mol. The van der Waals surface area contributed by atoms with Crippen LogP contribution in [0.3, 0.4) is 0 Å². The van der Waals surface area contributed by atoms with Crippen LogP contribution in [0.1, 0.15) is 34.5 Å². The lowest BCUT2D eigenvalue weighted by Crippen LogP contribution is -2.15. The zero-order chi connectivity index (χ0) is 20.2. The van der Waals surface area contributed by atoms with Crippen molar-refractivity contribution in [2.45, 2.75) is 32.7 Å². The lowest BCUT2D eigenvalue weighted by Gasteiger charge is -2.19. The molecule has 0 radical (unpaired) electrons. The van der Waals surface area contributed by atoms with Crippen molar-refractivity contribution in [3.8, 4) is 22.8 Å². The fourth-order valence-electron chi connectivity index (χ4n) is 3.87. The first kappa shape index (κ1) is 19.1. The molecule has 1 aliphatic rings. The van der Waals surface area contributed by atoms with Crippen LogP contribution in [0.4, 0.5) is 0 Å². The van der Waals surface area contributed by atoms with Gasteiger partial charge in [-0.3, -0.25) is 4.79 Å². The summed E-state index contributed by atoms with van der Waals surface area (Å²) in [5, 5.41) is 0. The van der Waals surface area contributed by atoms with Crippen LogP contribution in [0.5, 0.6) is 11.5 Å². The maximum absolute atomic E-state index is 11.9. The van der Waals surface area contributed by atoms with Gasteiger partial charge in [-0.1, -0.05) is 30.3 Å². The van der Waals surface area contributed by atoms with Gasteiger partial charge in [0, 0.05) is 23.5 Å². The Balaban J connectivity index is 1.56. The van der Waals surface area contributed by atoms with Crippen molar-refractivity contribution in [1.82, 2.24) is 4.57 Å². The van der Waals surface area contributed by atoms with E-state index in [9.17, 15) is 4.79 Å². The second-order valence-electron chi connectivity index (χ2n) is 7.35. The maximum atomic E-state index is 11.9. The molecule has 5 nitrogen and oxygen atoms in total. The van der Waals surface area contributed by atoms with Crippen molar-refractivity contribution in [3.63, 3.8) is 0 Å². The Morgan fingerprint density at radius 2 is 1.76 bits per heavy atom. The first-order chi connectivity index (χ1) is 14.1. The number of amides is 1. The highest BCUT2D eigenvalue weighted by Crippen LogP contribution is 2.36. The molecule has 150 valence electrons. The van der Waals surface area contributed by atoms with Gasteiger partial charge in [-0.15, -0.1) is 0 Å². The molecule has 0 aliphatic carbocycles. The van der Waals surface area contributed by atoms with Gasteiger partial charge in [0.2, 0.25) is 0 Å². The third-order valence-corrected chi connectivity index (χ3v) is 5.41. The summed E-state index contributed by atoms with van der Waals surface area (Å²) in [6.07, 6.45) is 3.14. The molecule has 29 heavy (non-hydrogen) atoms. The molecule has 1 amide bonds. The van der Waals surface area contributed by atoms with Crippen molar-refractivity contribution < 1.29 is 14.3 Å². The van der Waals surface area contributed by atoms with Gasteiger partial charge in [0.25, 0.3) is 5.91 Å². The van der Waals surface area contributed by atoms with Crippen LogP contribution in [-0.4, -0.2) is 23.7 Å². The first-order valence-electron chi connectivity index (χ1n) is 10.1. The molecular formula is C24H26N2O3. The molecule has 2 N–H and O–H groups in total. The molecule has 0 spiro atoms. The Kier molecular flexibility index (Phi) is 5.56. The number of carbonyl (C=O) groups is 1. The molecule has 0 unspecified atom stereocenters. The Hall–Kier alpha value is -3.21. The first-order valence-corrected chi connectivity index (χ1v) is 10.1. The summed E-state index contributed by atoms with van der Waals surface area (Å²) in [5.41, 5.74) is 10.4. The summed E-state index contributed by atoms with van der Waals surface area (Å²) >= 11 is 0. The van der Waals surface area contributed by atoms with Gasteiger partial charge in [0.05, 0.1) is 5.56 Å². The molecule has 5 heteroatoms. The van der Waals surface area contributed by atoms with E-state index in [2.05, 4.69) is 28.8 Å². The van der Waals surface area contributed by atoms with Gasteiger partial charge in [-0.2, -0.15) is 0 Å². The number of benzene rings is 2. The number of hydrogen-bond acceptors (Lipinski definition) is 3. The lowest BCUT2D eigenvalue weighted by atomic mass is 10.1. The number of rotatable bonds is 7. The number of primary amides is 1. The van der Waals surface area contributed by atoms with Crippen molar-refractivity contribution in [2.75, 3.05) is 13.2 Å². The van der Waals surface area contributed by atoms with Crippen LogP contribution in [-0.2, 0) is 13.0 Å². The topological polar surface area (TPSA) is 66.5 Å². The van der Waals surface area contributed by atoms with E-state index in [1.54, 1.807) is 0 Å². The molecule has 2 heterocycles. The van der Waals surface area contributed by atoms with Crippen LogP contribution < -0.4 is 15.2 Å². The highest BCUT2D eigenvalue weighted by atomic mass is 16.6. The second-order valence-corrected chi connectivity index (χ2v) is 7.35. The smallest absolute Gasteiger partial charge is 0.250 e. The summed E-state index contributed by atoms with van der Waals surface area (Å²) < 4.78 is 13.5. The summed E-state index contributed by atoms with van der Waals surface area (Å²) in [6.45, 7) is 3.89. The number of aryl methyl sites for hydroxylation is 1. The van der Waals surface area contributed by atoms with Crippen LogP contribution in [0.2, 0.25) is 0 Å². The van der Waals surface area contributed by atoms with E-state index in [4.69, 9.17) is 15.2 Å². The standard InChI is InChI=1S/C24H26N2O3/c1-17-20(24(25)27)16-21(19-10-11-22-23(15-19)29-14-13-28-22)26(17)12-6-5-9-18-7-3-2-4-8-18/h2-4,7-8,10-11,15-16H,5-6,9,12-14H2,1H3,(H2,25,27). The average Bonchev–Trinajstić information content (AvgIpc) is 3.08. The molecule has 2 aromatic carbocycles. The van der Waals surface area contributed by atoms with Crippen molar-refractivity contribution in [2.24, 2.45) is 5.73 Å². The van der Waals surface area contributed by atoms with Gasteiger partial charge in [-0.05, 0) is 56.0 Å². The Bertz CT molecular complexity index is 1010.